The number of nitrogens with one attached hydrogen (secondary N) is 2. The Hall–Kier alpha value is -4.18. The number of piperazine rings is 1. The average molecular weight is 409 g/mol. The van der Waals surface area contributed by atoms with Crippen molar-refractivity contribution in [3.63, 3.8) is 0 Å². The minimum atomic E-state index is 0.540. The highest BCUT2D eigenvalue weighted by molar-refractivity contribution is 5.96. The second-order valence-corrected chi connectivity index (χ2v) is 7.21. The number of hydrogen-bond donors (Lipinski definition) is 2. The van der Waals surface area contributed by atoms with Gasteiger partial charge in [-0.25, -0.2) is 0 Å². The van der Waals surface area contributed by atoms with Gasteiger partial charge >= 0.3 is 0 Å². The zero-order valence-electron chi connectivity index (χ0n) is 17.1. The normalized spacial score (nSPS) is 13.8. The minimum Gasteiger partial charge on any atom is -0.368 e. The lowest BCUT2D eigenvalue weighted by Crippen LogP contribution is -2.48. The Kier molecular flexibility index (Phi) is 6.19. The van der Waals surface area contributed by atoms with Crippen molar-refractivity contribution < 1.29 is 0 Å². The fraction of sp³-hybridized carbons (Fsp3) is 0.167. The summed E-state index contributed by atoms with van der Waals surface area (Å²) < 4.78 is 0. The molecule has 154 valence electrons. The van der Waals surface area contributed by atoms with E-state index in [-0.39, 0.29) is 0 Å². The third-order valence-corrected chi connectivity index (χ3v) is 5.22. The summed E-state index contributed by atoms with van der Waals surface area (Å²) in [7, 11) is 0. The maximum absolute atomic E-state index is 8.82. The molecular formula is C24H23N7. The minimum absolute atomic E-state index is 0.540. The first kappa shape index (κ1) is 20.1. The van der Waals surface area contributed by atoms with Crippen LogP contribution >= 0.6 is 0 Å². The number of amidine groups is 1. The van der Waals surface area contributed by atoms with Crippen LogP contribution in [0.2, 0.25) is 0 Å². The maximum Gasteiger partial charge on any atom is 0.128 e. The number of nitriles is 1. The topological polar surface area (TPSA) is 90.9 Å². The first-order valence-corrected chi connectivity index (χ1v) is 10.1. The summed E-state index contributed by atoms with van der Waals surface area (Å²) in [6.45, 7) is 3.46. The van der Waals surface area contributed by atoms with Crippen molar-refractivity contribution in [2.24, 2.45) is 10.3 Å². The molecule has 0 atom stereocenters. The van der Waals surface area contributed by atoms with Gasteiger partial charge in [0.25, 0.3) is 0 Å². The summed E-state index contributed by atoms with van der Waals surface area (Å²) in [5.74, 6) is 0.540. The molecule has 1 aliphatic heterocycles. The fourth-order valence-corrected chi connectivity index (χ4v) is 3.46. The molecular weight excluding hydrogens is 386 g/mol. The van der Waals surface area contributed by atoms with Crippen molar-refractivity contribution in [1.29, 1.82) is 10.7 Å². The molecule has 31 heavy (non-hydrogen) atoms. The number of nitrogens with zero attached hydrogens (tertiary/aromatic N) is 5. The van der Waals surface area contributed by atoms with E-state index in [4.69, 9.17) is 10.7 Å². The molecule has 0 radical (unpaired) electrons. The van der Waals surface area contributed by atoms with Crippen LogP contribution < -0.4 is 10.3 Å². The third-order valence-electron chi connectivity index (χ3n) is 5.22. The van der Waals surface area contributed by atoms with Crippen LogP contribution in [0.15, 0.2) is 89.2 Å². The first-order chi connectivity index (χ1) is 15.2. The second kappa shape index (κ2) is 9.55. The molecule has 2 N–H and O–H groups in total. The molecule has 1 heterocycles. The Morgan fingerprint density at radius 3 is 2.19 bits per heavy atom. The molecule has 0 aromatic heterocycles. The van der Waals surface area contributed by atoms with Gasteiger partial charge in [-0.05, 0) is 60.7 Å². The standard InChI is InChI=1S/C24H23N7/c25-18-19-6-10-21(11-7-19)27-29-28-22-12-8-20(9-13-22)24(26)31-16-14-30(15-17-31)23-4-2-1-3-5-23/h1-13,26H,14-17H2,(H,27,28). The van der Waals surface area contributed by atoms with Crippen LogP contribution in [0.5, 0.6) is 0 Å². The van der Waals surface area contributed by atoms with E-state index in [2.05, 4.69) is 55.9 Å². The van der Waals surface area contributed by atoms with Gasteiger partial charge in [-0.2, -0.15) is 5.26 Å². The molecule has 7 nitrogen and oxygen atoms in total. The summed E-state index contributed by atoms with van der Waals surface area (Å²) in [6.07, 6.45) is 0. The van der Waals surface area contributed by atoms with Crippen molar-refractivity contribution in [3.8, 4) is 6.07 Å². The molecule has 0 amide bonds. The first-order valence-electron chi connectivity index (χ1n) is 10.1. The van der Waals surface area contributed by atoms with Crippen LogP contribution in [0, 0.1) is 16.7 Å². The highest BCUT2D eigenvalue weighted by Crippen LogP contribution is 2.18. The Balaban J connectivity index is 1.30. The van der Waals surface area contributed by atoms with Crippen molar-refractivity contribution in [1.82, 2.24) is 4.90 Å². The maximum atomic E-state index is 8.82. The van der Waals surface area contributed by atoms with Crippen molar-refractivity contribution in [2.45, 2.75) is 0 Å². The van der Waals surface area contributed by atoms with Gasteiger partial charge in [0.05, 0.1) is 23.0 Å². The predicted molar refractivity (Wildman–Crippen MR) is 123 cm³/mol. The van der Waals surface area contributed by atoms with Crippen LogP contribution in [0.4, 0.5) is 17.1 Å². The van der Waals surface area contributed by atoms with E-state index in [9.17, 15) is 0 Å². The van der Waals surface area contributed by atoms with Gasteiger partial charge in [0.15, 0.2) is 0 Å². The van der Waals surface area contributed by atoms with E-state index in [1.807, 2.05) is 30.3 Å². The molecule has 1 aliphatic rings. The van der Waals surface area contributed by atoms with Gasteiger partial charge in [0, 0.05) is 37.4 Å². The number of para-hydroxylation sites is 1. The Labute approximate surface area is 181 Å². The number of benzene rings is 3. The van der Waals surface area contributed by atoms with Crippen LogP contribution in [0.3, 0.4) is 0 Å². The molecule has 4 rings (SSSR count). The van der Waals surface area contributed by atoms with Gasteiger partial charge in [-0.3, -0.25) is 10.8 Å². The molecule has 3 aromatic carbocycles. The van der Waals surface area contributed by atoms with Gasteiger partial charge in [0.1, 0.15) is 5.84 Å². The van der Waals surface area contributed by atoms with Crippen LogP contribution in [0.25, 0.3) is 0 Å². The smallest absolute Gasteiger partial charge is 0.128 e. The molecule has 7 heteroatoms. The van der Waals surface area contributed by atoms with Gasteiger partial charge < -0.3 is 9.80 Å². The zero-order valence-corrected chi connectivity index (χ0v) is 17.1. The SMILES string of the molecule is N#Cc1ccc(/N=N/Nc2ccc(C(=N)N3CCN(c4ccccc4)CC3)cc2)cc1. The van der Waals surface area contributed by atoms with E-state index in [1.54, 1.807) is 24.3 Å². The second-order valence-electron chi connectivity index (χ2n) is 7.21. The summed E-state index contributed by atoms with van der Waals surface area (Å²) in [4.78, 5) is 4.47. The molecule has 3 aromatic rings. The number of rotatable bonds is 5. The van der Waals surface area contributed by atoms with Crippen molar-refractivity contribution in [2.75, 3.05) is 36.5 Å². The lowest BCUT2D eigenvalue weighted by Gasteiger charge is -2.37. The number of hydrogen-bond acceptors (Lipinski definition) is 5. The highest BCUT2D eigenvalue weighted by atomic mass is 15.4. The summed E-state index contributed by atoms with van der Waals surface area (Å²) in [5, 5.41) is 25.5. The highest BCUT2D eigenvalue weighted by Gasteiger charge is 2.19. The quantitative estimate of drug-likeness (QED) is 0.274. The predicted octanol–water partition coefficient (Wildman–Crippen LogP) is 4.82. The summed E-state index contributed by atoms with van der Waals surface area (Å²) in [6, 6.07) is 27.0. The largest absolute Gasteiger partial charge is 0.368 e. The van der Waals surface area contributed by atoms with E-state index < -0.39 is 0 Å². The molecule has 1 fully saturated rings. The Morgan fingerprint density at radius 2 is 1.55 bits per heavy atom. The molecule has 0 spiro atoms. The third kappa shape index (κ3) is 5.06. The number of anilines is 2. The molecule has 0 aliphatic carbocycles. The van der Waals surface area contributed by atoms with E-state index in [1.165, 1.54) is 5.69 Å². The average Bonchev–Trinajstić information content (AvgIpc) is 2.85. The van der Waals surface area contributed by atoms with Crippen LogP contribution in [-0.2, 0) is 0 Å². The van der Waals surface area contributed by atoms with Gasteiger partial charge in [0.2, 0.25) is 0 Å². The van der Waals surface area contributed by atoms with E-state index in [0.29, 0.717) is 17.1 Å². The Bertz CT molecular complexity index is 1080. The summed E-state index contributed by atoms with van der Waals surface area (Å²) in [5.41, 5.74) is 7.06. The van der Waals surface area contributed by atoms with Crippen LogP contribution in [-0.4, -0.2) is 36.9 Å². The Morgan fingerprint density at radius 1 is 0.871 bits per heavy atom. The zero-order chi connectivity index (χ0) is 21.5. The van der Waals surface area contributed by atoms with Gasteiger partial charge in [-0.15, -0.1) is 5.11 Å². The van der Waals surface area contributed by atoms with Gasteiger partial charge in [-0.1, -0.05) is 23.4 Å². The molecule has 0 bridgehead atoms. The molecule has 1 saturated heterocycles. The van der Waals surface area contributed by atoms with Crippen molar-refractivity contribution in [3.05, 3.63) is 90.0 Å². The monoisotopic (exact) mass is 409 g/mol. The summed E-state index contributed by atoms with van der Waals surface area (Å²) >= 11 is 0. The van der Waals surface area contributed by atoms with E-state index in [0.717, 1.165) is 37.4 Å². The van der Waals surface area contributed by atoms with Crippen LogP contribution in [0.1, 0.15) is 11.1 Å². The molecule has 0 saturated carbocycles. The lowest BCUT2D eigenvalue weighted by atomic mass is 10.1. The fourth-order valence-electron chi connectivity index (χ4n) is 3.46. The van der Waals surface area contributed by atoms with Crippen molar-refractivity contribution >= 4 is 22.9 Å². The van der Waals surface area contributed by atoms with E-state index >= 15 is 0 Å². The lowest BCUT2D eigenvalue weighted by molar-refractivity contribution is 0.384. The molecule has 0 unspecified atom stereocenters.